The monoisotopic (exact) mass is 323 g/mol. The van der Waals surface area contributed by atoms with Crippen molar-refractivity contribution in [3.8, 4) is 11.8 Å². The summed E-state index contributed by atoms with van der Waals surface area (Å²) in [5.41, 5.74) is 9.36. The first kappa shape index (κ1) is 14.9. The minimum Gasteiger partial charge on any atom is -0.399 e. The lowest BCUT2D eigenvalue weighted by atomic mass is 9.82. The third kappa shape index (κ3) is 2.50. The molecule has 2 N–H and O–H groups in total. The Labute approximate surface area is 145 Å². The zero-order valence-corrected chi connectivity index (χ0v) is 13.2. The van der Waals surface area contributed by atoms with Gasteiger partial charge in [0.1, 0.15) is 0 Å². The van der Waals surface area contributed by atoms with Crippen LogP contribution < -0.4 is 5.73 Å². The van der Waals surface area contributed by atoms with E-state index in [-0.39, 0.29) is 11.6 Å². The topological polar surface area (TPSA) is 60.2 Å². The van der Waals surface area contributed by atoms with Gasteiger partial charge in [-0.25, -0.2) is 0 Å². The lowest BCUT2D eigenvalue weighted by Crippen LogP contribution is -2.21. The van der Waals surface area contributed by atoms with Gasteiger partial charge in [-0.15, -0.1) is 0 Å². The number of fused-ring (bicyclic) bond motifs is 2. The van der Waals surface area contributed by atoms with Crippen molar-refractivity contribution in [1.82, 2.24) is 0 Å². The van der Waals surface area contributed by atoms with Gasteiger partial charge in [0, 0.05) is 39.1 Å². The molecular formula is C22H13NO2. The maximum Gasteiger partial charge on any atom is 0.195 e. The van der Waals surface area contributed by atoms with E-state index >= 15 is 0 Å². The summed E-state index contributed by atoms with van der Waals surface area (Å²) in [7, 11) is 0. The van der Waals surface area contributed by atoms with Gasteiger partial charge in [-0.1, -0.05) is 48.2 Å². The van der Waals surface area contributed by atoms with Gasteiger partial charge in [0.2, 0.25) is 0 Å². The molecule has 0 atom stereocenters. The summed E-state index contributed by atoms with van der Waals surface area (Å²) in [6.07, 6.45) is 0. The quantitative estimate of drug-likeness (QED) is 0.398. The Morgan fingerprint density at radius 2 is 1.28 bits per heavy atom. The molecule has 3 aromatic carbocycles. The first-order valence-electron chi connectivity index (χ1n) is 7.84. The van der Waals surface area contributed by atoms with Crippen LogP contribution in [0.2, 0.25) is 0 Å². The molecule has 3 heteroatoms. The van der Waals surface area contributed by atoms with Crippen molar-refractivity contribution in [2.24, 2.45) is 0 Å². The molecule has 0 saturated carbocycles. The molecule has 0 spiro atoms. The lowest BCUT2D eigenvalue weighted by molar-refractivity contribution is 0.0979. The fourth-order valence-electron chi connectivity index (χ4n) is 2.96. The molecule has 1 aliphatic carbocycles. The molecule has 118 valence electrons. The number of anilines is 1. The summed E-state index contributed by atoms with van der Waals surface area (Å²) < 4.78 is 0. The van der Waals surface area contributed by atoms with E-state index in [1.165, 1.54) is 0 Å². The van der Waals surface area contributed by atoms with E-state index in [9.17, 15) is 9.59 Å². The van der Waals surface area contributed by atoms with Gasteiger partial charge in [0.25, 0.3) is 0 Å². The van der Waals surface area contributed by atoms with Crippen LogP contribution >= 0.6 is 0 Å². The molecule has 25 heavy (non-hydrogen) atoms. The molecule has 0 radical (unpaired) electrons. The third-order valence-corrected chi connectivity index (χ3v) is 4.20. The van der Waals surface area contributed by atoms with Gasteiger partial charge in [0.05, 0.1) is 0 Å². The van der Waals surface area contributed by atoms with Crippen molar-refractivity contribution in [3.63, 3.8) is 0 Å². The minimum absolute atomic E-state index is 0.138. The van der Waals surface area contributed by atoms with E-state index in [2.05, 4.69) is 11.8 Å². The number of benzene rings is 3. The fourth-order valence-corrected chi connectivity index (χ4v) is 2.96. The molecule has 0 heterocycles. The normalized spacial score (nSPS) is 12.0. The third-order valence-electron chi connectivity index (χ3n) is 4.20. The highest BCUT2D eigenvalue weighted by Gasteiger charge is 2.30. The van der Waals surface area contributed by atoms with Gasteiger partial charge in [0.15, 0.2) is 11.6 Å². The number of rotatable bonds is 0. The molecule has 0 aromatic heterocycles. The molecule has 0 amide bonds. The Hall–Kier alpha value is -3.64. The van der Waals surface area contributed by atoms with Crippen LogP contribution in [0.15, 0.2) is 66.7 Å². The second-order valence-corrected chi connectivity index (χ2v) is 5.80. The molecule has 0 unspecified atom stereocenters. The number of hydrogen-bond donors (Lipinski definition) is 1. The van der Waals surface area contributed by atoms with E-state index in [1.807, 2.05) is 12.1 Å². The SMILES string of the molecule is Nc1ccc(C#Cc2cccc3c2C(=O)c2ccccc2C3=O)cc1. The van der Waals surface area contributed by atoms with Crippen molar-refractivity contribution in [2.45, 2.75) is 0 Å². The van der Waals surface area contributed by atoms with E-state index < -0.39 is 0 Å². The van der Waals surface area contributed by atoms with Crippen molar-refractivity contribution < 1.29 is 9.59 Å². The predicted molar refractivity (Wildman–Crippen MR) is 96.6 cm³/mol. The Kier molecular flexibility index (Phi) is 3.45. The van der Waals surface area contributed by atoms with E-state index in [4.69, 9.17) is 5.73 Å². The van der Waals surface area contributed by atoms with E-state index in [0.29, 0.717) is 33.5 Å². The van der Waals surface area contributed by atoms with Gasteiger partial charge in [-0.05, 0) is 30.3 Å². The van der Waals surface area contributed by atoms with Crippen LogP contribution in [0.25, 0.3) is 0 Å². The van der Waals surface area contributed by atoms with Gasteiger partial charge in [-0.2, -0.15) is 0 Å². The summed E-state index contributed by atoms with van der Waals surface area (Å²) in [6, 6.07) is 19.3. The standard InChI is InChI=1S/C22H13NO2/c23-16-12-9-14(10-13-16)8-11-15-4-3-7-19-20(15)22(25)18-6-2-1-5-17(18)21(19)24/h1-7,9-10,12-13H,23H2. The van der Waals surface area contributed by atoms with Gasteiger partial charge >= 0.3 is 0 Å². The van der Waals surface area contributed by atoms with Crippen LogP contribution in [-0.2, 0) is 0 Å². The molecule has 0 bridgehead atoms. The molecule has 1 aliphatic rings. The van der Waals surface area contributed by atoms with Crippen molar-refractivity contribution >= 4 is 17.3 Å². The molecule has 3 nitrogen and oxygen atoms in total. The molecule has 0 fully saturated rings. The minimum atomic E-state index is -0.160. The van der Waals surface area contributed by atoms with Crippen molar-refractivity contribution in [1.29, 1.82) is 0 Å². The summed E-state index contributed by atoms with van der Waals surface area (Å²) in [4.78, 5) is 25.6. The summed E-state index contributed by atoms with van der Waals surface area (Å²) in [6.45, 7) is 0. The highest BCUT2D eigenvalue weighted by molar-refractivity contribution is 6.29. The van der Waals surface area contributed by atoms with Crippen LogP contribution in [0, 0.1) is 11.8 Å². The highest BCUT2D eigenvalue weighted by atomic mass is 16.1. The Bertz CT molecular complexity index is 1080. The predicted octanol–water partition coefficient (Wildman–Crippen LogP) is 3.44. The fraction of sp³-hybridized carbons (Fsp3) is 0. The number of carbonyl (C=O) groups is 2. The number of nitrogens with two attached hydrogens (primary N) is 1. The second-order valence-electron chi connectivity index (χ2n) is 5.80. The number of ketones is 2. The first-order valence-corrected chi connectivity index (χ1v) is 7.84. The Morgan fingerprint density at radius 3 is 2.00 bits per heavy atom. The number of nitrogen functional groups attached to an aromatic ring is 1. The van der Waals surface area contributed by atoms with E-state index in [0.717, 1.165) is 5.56 Å². The van der Waals surface area contributed by atoms with E-state index in [1.54, 1.807) is 54.6 Å². The van der Waals surface area contributed by atoms with Crippen LogP contribution in [-0.4, -0.2) is 11.6 Å². The average molecular weight is 323 g/mol. The first-order chi connectivity index (χ1) is 12.1. The summed E-state index contributed by atoms with van der Waals surface area (Å²) in [5, 5.41) is 0. The van der Waals surface area contributed by atoms with Crippen LogP contribution in [0.5, 0.6) is 0 Å². The van der Waals surface area contributed by atoms with Gasteiger partial charge < -0.3 is 5.73 Å². The molecule has 0 saturated heterocycles. The summed E-state index contributed by atoms with van der Waals surface area (Å²) >= 11 is 0. The molecule has 3 aromatic rings. The van der Waals surface area contributed by atoms with Crippen LogP contribution in [0.1, 0.15) is 43.0 Å². The Morgan fingerprint density at radius 1 is 0.640 bits per heavy atom. The zero-order valence-electron chi connectivity index (χ0n) is 13.2. The lowest BCUT2D eigenvalue weighted by Gasteiger charge is -2.18. The maximum atomic E-state index is 12.9. The average Bonchev–Trinajstić information content (AvgIpc) is 2.65. The smallest absolute Gasteiger partial charge is 0.195 e. The summed E-state index contributed by atoms with van der Waals surface area (Å²) in [5.74, 6) is 5.76. The maximum absolute atomic E-state index is 12.9. The van der Waals surface area contributed by atoms with Crippen LogP contribution in [0.4, 0.5) is 5.69 Å². The number of hydrogen-bond acceptors (Lipinski definition) is 3. The van der Waals surface area contributed by atoms with Crippen molar-refractivity contribution in [2.75, 3.05) is 5.73 Å². The highest BCUT2D eigenvalue weighted by Crippen LogP contribution is 2.29. The number of carbonyl (C=O) groups excluding carboxylic acids is 2. The molecular weight excluding hydrogens is 310 g/mol. The Balaban J connectivity index is 1.84. The molecule has 0 aliphatic heterocycles. The van der Waals surface area contributed by atoms with Crippen molar-refractivity contribution in [3.05, 3.63) is 100 Å². The largest absolute Gasteiger partial charge is 0.399 e. The van der Waals surface area contributed by atoms with Crippen LogP contribution in [0.3, 0.4) is 0 Å². The zero-order chi connectivity index (χ0) is 17.4. The van der Waals surface area contributed by atoms with Gasteiger partial charge in [-0.3, -0.25) is 9.59 Å². The second kappa shape index (κ2) is 5.77. The molecule has 4 rings (SSSR count).